The van der Waals surface area contributed by atoms with Gasteiger partial charge >= 0.3 is 12.1 Å². The maximum absolute atomic E-state index is 12.8. The highest BCUT2D eigenvalue weighted by atomic mass is 19.3. The summed E-state index contributed by atoms with van der Waals surface area (Å²) in [6.07, 6.45) is -3.11. The van der Waals surface area contributed by atoms with E-state index in [9.17, 15) is 23.2 Å². The maximum atomic E-state index is 12.8. The van der Waals surface area contributed by atoms with Crippen LogP contribution in [0, 0.1) is 0 Å². The predicted octanol–water partition coefficient (Wildman–Crippen LogP) is 2.91. The number of hydrogen-bond donors (Lipinski definition) is 3. The van der Waals surface area contributed by atoms with Crippen molar-refractivity contribution in [1.29, 1.82) is 0 Å². The number of rotatable bonds is 10. The molecular weight excluding hydrogens is 450 g/mol. The molecule has 0 aromatic heterocycles. The summed E-state index contributed by atoms with van der Waals surface area (Å²) in [5, 5.41) is 13.8. The zero-order valence-electron chi connectivity index (χ0n) is 18.1. The van der Waals surface area contributed by atoms with Crippen molar-refractivity contribution < 1.29 is 37.7 Å². The van der Waals surface area contributed by atoms with Crippen LogP contribution in [0.4, 0.5) is 13.6 Å². The molecule has 2 aromatic carbocycles. The highest BCUT2D eigenvalue weighted by Gasteiger charge is 2.58. The second-order valence-electron chi connectivity index (χ2n) is 8.24. The fourth-order valence-corrected chi connectivity index (χ4v) is 4.03. The minimum Gasteiger partial charge on any atom is -0.481 e. The van der Waals surface area contributed by atoms with Gasteiger partial charge in [0.25, 0.3) is 5.92 Å². The lowest BCUT2D eigenvalue weighted by atomic mass is 9.98. The first kappa shape index (κ1) is 23.6. The minimum absolute atomic E-state index is 0.00467. The van der Waals surface area contributed by atoms with Gasteiger partial charge in [0.2, 0.25) is 5.91 Å². The normalized spacial score (nSPS) is 18.4. The molecule has 0 heterocycles. The summed E-state index contributed by atoms with van der Waals surface area (Å²) in [4.78, 5) is 35.9. The zero-order valence-corrected chi connectivity index (χ0v) is 18.1. The van der Waals surface area contributed by atoms with E-state index in [0.29, 0.717) is 0 Å². The van der Waals surface area contributed by atoms with Crippen LogP contribution in [-0.2, 0) is 19.1 Å². The monoisotopic (exact) mass is 474 g/mol. The Labute approximate surface area is 194 Å². The Morgan fingerprint density at radius 2 is 1.65 bits per heavy atom. The van der Waals surface area contributed by atoms with Crippen LogP contribution in [-0.4, -0.2) is 60.9 Å². The number of aliphatic carboxylic acids is 1. The Balaban J connectivity index is 1.31. The number of halogens is 2. The van der Waals surface area contributed by atoms with Gasteiger partial charge in [0.1, 0.15) is 18.8 Å². The summed E-state index contributed by atoms with van der Waals surface area (Å²) in [5.74, 6) is -5.10. The summed E-state index contributed by atoms with van der Waals surface area (Å²) >= 11 is 0. The van der Waals surface area contributed by atoms with Crippen molar-refractivity contribution in [2.24, 2.45) is 0 Å². The molecule has 0 radical (unpaired) electrons. The molecule has 3 N–H and O–H groups in total. The van der Waals surface area contributed by atoms with Gasteiger partial charge in [0.15, 0.2) is 0 Å². The van der Waals surface area contributed by atoms with E-state index < -0.39 is 42.5 Å². The van der Waals surface area contributed by atoms with E-state index >= 15 is 0 Å². The summed E-state index contributed by atoms with van der Waals surface area (Å²) in [5.41, 5.74) is 4.14. The Morgan fingerprint density at radius 1 is 1.06 bits per heavy atom. The molecule has 2 unspecified atom stereocenters. The highest BCUT2D eigenvalue weighted by Crippen LogP contribution is 2.45. The number of carboxylic acid groups (broad SMARTS) is 1. The van der Waals surface area contributed by atoms with E-state index in [2.05, 4.69) is 10.6 Å². The number of alkyl halides is 2. The average Bonchev–Trinajstić information content (AvgIpc) is 3.29. The average molecular weight is 474 g/mol. The van der Waals surface area contributed by atoms with E-state index in [4.69, 9.17) is 14.6 Å². The number of nitrogens with one attached hydrogen (secondary N) is 2. The fraction of sp³-hybridized carbons (Fsp3) is 0.375. The maximum Gasteiger partial charge on any atom is 0.407 e. The van der Waals surface area contributed by atoms with Crippen molar-refractivity contribution in [1.82, 2.24) is 10.6 Å². The molecule has 34 heavy (non-hydrogen) atoms. The molecule has 180 valence electrons. The van der Waals surface area contributed by atoms with E-state index in [0.717, 1.165) is 22.3 Å². The molecule has 2 atom stereocenters. The van der Waals surface area contributed by atoms with E-state index in [1.54, 1.807) is 0 Å². The van der Waals surface area contributed by atoms with Crippen LogP contribution in [0.25, 0.3) is 11.1 Å². The van der Waals surface area contributed by atoms with Gasteiger partial charge in [-0.25, -0.2) is 13.6 Å². The molecule has 1 fully saturated rings. The van der Waals surface area contributed by atoms with Gasteiger partial charge in [0, 0.05) is 18.9 Å². The third-order valence-electron chi connectivity index (χ3n) is 5.82. The van der Waals surface area contributed by atoms with Crippen LogP contribution in [0.2, 0.25) is 0 Å². The highest BCUT2D eigenvalue weighted by molar-refractivity contribution is 5.89. The number of alkyl carbamates (subject to hydrolysis) is 1. The quantitative estimate of drug-likeness (QED) is 0.457. The Hall–Kier alpha value is -3.53. The summed E-state index contributed by atoms with van der Waals surface area (Å²) in [7, 11) is 0. The first-order valence-electron chi connectivity index (χ1n) is 10.9. The lowest BCUT2D eigenvalue weighted by Gasteiger charge is -2.18. The molecule has 0 spiro atoms. The third-order valence-corrected chi connectivity index (χ3v) is 5.82. The Bertz CT molecular complexity index is 1050. The largest absolute Gasteiger partial charge is 0.481 e. The number of carbonyl (C=O) groups excluding carboxylic acids is 2. The summed E-state index contributed by atoms with van der Waals surface area (Å²) < 4.78 is 35.9. The van der Waals surface area contributed by atoms with Gasteiger partial charge in [-0.1, -0.05) is 48.5 Å². The van der Waals surface area contributed by atoms with Crippen molar-refractivity contribution in [3.8, 4) is 11.1 Å². The number of carboxylic acids is 1. The van der Waals surface area contributed by atoms with Crippen LogP contribution in [0.15, 0.2) is 48.5 Å². The van der Waals surface area contributed by atoms with Crippen molar-refractivity contribution in [2.75, 3.05) is 19.8 Å². The third kappa shape index (κ3) is 5.33. The second-order valence-corrected chi connectivity index (χ2v) is 8.24. The molecule has 10 heteroatoms. The van der Waals surface area contributed by atoms with Gasteiger partial charge in [-0.3, -0.25) is 9.59 Å². The van der Waals surface area contributed by atoms with E-state index in [1.165, 1.54) is 0 Å². The predicted molar refractivity (Wildman–Crippen MR) is 117 cm³/mol. The second kappa shape index (κ2) is 9.76. The molecule has 0 bridgehead atoms. The topological polar surface area (TPSA) is 114 Å². The molecule has 2 aliphatic rings. The smallest absolute Gasteiger partial charge is 0.407 e. The summed E-state index contributed by atoms with van der Waals surface area (Å²) in [6.45, 7) is -0.255. The Kier molecular flexibility index (Phi) is 6.78. The van der Waals surface area contributed by atoms with Crippen LogP contribution in [0.5, 0.6) is 0 Å². The summed E-state index contributed by atoms with van der Waals surface area (Å²) in [6, 6.07) is 14.2. The number of hydrogen-bond acceptors (Lipinski definition) is 5. The van der Waals surface area contributed by atoms with Gasteiger partial charge < -0.3 is 25.2 Å². The molecule has 4 rings (SSSR count). The molecule has 2 amide bonds. The van der Waals surface area contributed by atoms with Crippen LogP contribution >= 0.6 is 0 Å². The SMILES string of the molecule is O=C(O)CC(NC(=O)OCC1c2ccccc2-c2ccccc21)C(=O)NCCOC1CC1(F)F. The van der Waals surface area contributed by atoms with Crippen molar-refractivity contribution in [2.45, 2.75) is 36.8 Å². The van der Waals surface area contributed by atoms with E-state index in [-0.39, 0.29) is 32.1 Å². The fourth-order valence-electron chi connectivity index (χ4n) is 4.03. The first-order valence-corrected chi connectivity index (χ1v) is 10.9. The molecule has 1 saturated carbocycles. The lowest BCUT2D eigenvalue weighted by Crippen LogP contribution is -2.48. The van der Waals surface area contributed by atoms with Crippen LogP contribution in [0.1, 0.15) is 29.9 Å². The van der Waals surface area contributed by atoms with Gasteiger partial charge in [-0.15, -0.1) is 0 Å². The first-order chi connectivity index (χ1) is 16.3. The number of benzene rings is 2. The van der Waals surface area contributed by atoms with Gasteiger partial charge in [-0.05, 0) is 22.3 Å². The van der Waals surface area contributed by atoms with Crippen LogP contribution < -0.4 is 10.6 Å². The van der Waals surface area contributed by atoms with Crippen molar-refractivity contribution >= 4 is 18.0 Å². The molecule has 8 nitrogen and oxygen atoms in total. The Morgan fingerprint density at radius 3 is 2.21 bits per heavy atom. The van der Waals surface area contributed by atoms with Crippen molar-refractivity contribution in [3.63, 3.8) is 0 Å². The van der Waals surface area contributed by atoms with Crippen LogP contribution in [0.3, 0.4) is 0 Å². The van der Waals surface area contributed by atoms with Gasteiger partial charge in [0.05, 0.1) is 13.0 Å². The lowest BCUT2D eigenvalue weighted by molar-refractivity contribution is -0.139. The van der Waals surface area contributed by atoms with Crippen molar-refractivity contribution in [3.05, 3.63) is 59.7 Å². The molecule has 2 aromatic rings. The zero-order chi connectivity index (χ0) is 24.3. The number of fused-ring (bicyclic) bond motifs is 3. The molecule has 0 saturated heterocycles. The number of carbonyl (C=O) groups is 3. The number of ether oxygens (including phenoxy) is 2. The van der Waals surface area contributed by atoms with E-state index in [1.807, 2.05) is 48.5 Å². The number of amides is 2. The molecular formula is C24H24F2N2O6. The standard InChI is InChI=1S/C24H24F2N2O6/c25-24(26)12-20(24)33-10-9-27-22(31)19(11-21(29)30)28-23(32)34-13-18-16-7-3-1-5-14(16)15-6-2-4-8-17(15)18/h1-8,18-20H,9-13H2,(H,27,31)(H,28,32)(H,29,30). The molecule has 2 aliphatic carbocycles. The molecule has 0 aliphatic heterocycles. The minimum atomic E-state index is -2.83. The van der Waals surface area contributed by atoms with Gasteiger partial charge in [-0.2, -0.15) is 0 Å².